The maximum absolute atomic E-state index is 11.4. The standard InChI is InChI=1S/C8H16N2O2/c1-3-10(12)8(11)7-4-5-9-6(7)2/h6-7,9,12H,3-5H2,1-2H3. The van der Waals surface area contributed by atoms with Gasteiger partial charge in [0.25, 0.3) is 5.91 Å². The van der Waals surface area contributed by atoms with Crippen molar-refractivity contribution in [2.24, 2.45) is 5.92 Å². The van der Waals surface area contributed by atoms with Gasteiger partial charge in [-0.2, -0.15) is 0 Å². The second-order valence-corrected chi connectivity index (χ2v) is 3.19. The van der Waals surface area contributed by atoms with Crippen molar-refractivity contribution in [1.82, 2.24) is 10.4 Å². The predicted molar refractivity (Wildman–Crippen MR) is 44.7 cm³/mol. The van der Waals surface area contributed by atoms with Crippen LogP contribution in [-0.2, 0) is 4.79 Å². The molecule has 1 fully saturated rings. The zero-order valence-electron chi connectivity index (χ0n) is 7.58. The Kier molecular flexibility index (Phi) is 3.05. The predicted octanol–water partition coefficient (Wildman–Crippen LogP) is 0.222. The smallest absolute Gasteiger partial charge is 0.250 e. The van der Waals surface area contributed by atoms with E-state index in [1.807, 2.05) is 6.92 Å². The monoisotopic (exact) mass is 172 g/mol. The van der Waals surface area contributed by atoms with Crippen LogP contribution in [-0.4, -0.2) is 35.3 Å². The zero-order valence-corrected chi connectivity index (χ0v) is 7.58. The summed E-state index contributed by atoms with van der Waals surface area (Å²) >= 11 is 0. The lowest BCUT2D eigenvalue weighted by atomic mass is 10.0. The number of nitrogens with zero attached hydrogens (tertiary/aromatic N) is 1. The number of carbonyl (C=O) groups is 1. The summed E-state index contributed by atoms with van der Waals surface area (Å²) in [6.07, 6.45) is 0.830. The summed E-state index contributed by atoms with van der Waals surface area (Å²) in [6.45, 7) is 4.96. The normalized spacial score (nSPS) is 28.9. The summed E-state index contributed by atoms with van der Waals surface area (Å²) in [4.78, 5) is 11.4. The molecule has 2 N–H and O–H groups in total. The van der Waals surface area contributed by atoms with Gasteiger partial charge in [0.1, 0.15) is 0 Å². The molecule has 1 heterocycles. The molecule has 12 heavy (non-hydrogen) atoms. The van der Waals surface area contributed by atoms with Gasteiger partial charge >= 0.3 is 0 Å². The molecule has 0 spiro atoms. The summed E-state index contributed by atoms with van der Waals surface area (Å²) in [5.41, 5.74) is 0. The Morgan fingerprint density at radius 3 is 2.83 bits per heavy atom. The van der Waals surface area contributed by atoms with E-state index in [9.17, 15) is 4.79 Å². The van der Waals surface area contributed by atoms with Crippen LogP contribution in [0.5, 0.6) is 0 Å². The van der Waals surface area contributed by atoms with Crippen LogP contribution in [0.15, 0.2) is 0 Å². The Bertz CT molecular complexity index is 172. The molecule has 0 aliphatic carbocycles. The zero-order chi connectivity index (χ0) is 9.14. The molecular formula is C8H16N2O2. The van der Waals surface area contributed by atoms with E-state index < -0.39 is 0 Å². The number of rotatable bonds is 2. The first-order valence-electron chi connectivity index (χ1n) is 4.40. The lowest BCUT2D eigenvalue weighted by Gasteiger charge is -2.19. The third-order valence-electron chi connectivity index (χ3n) is 2.40. The fraction of sp³-hybridized carbons (Fsp3) is 0.875. The molecule has 1 rings (SSSR count). The van der Waals surface area contributed by atoms with Gasteiger partial charge in [0.2, 0.25) is 0 Å². The van der Waals surface area contributed by atoms with Gasteiger partial charge in [0, 0.05) is 12.6 Å². The van der Waals surface area contributed by atoms with E-state index in [0.29, 0.717) is 6.54 Å². The van der Waals surface area contributed by atoms with Crippen LogP contribution in [0.25, 0.3) is 0 Å². The van der Waals surface area contributed by atoms with Crippen molar-refractivity contribution >= 4 is 5.91 Å². The molecule has 1 amide bonds. The van der Waals surface area contributed by atoms with Crippen LogP contribution >= 0.6 is 0 Å². The van der Waals surface area contributed by atoms with E-state index >= 15 is 0 Å². The second-order valence-electron chi connectivity index (χ2n) is 3.19. The number of amides is 1. The van der Waals surface area contributed by atoms with Gasteiger partial charge in [-0.3, -0.25) is 10.0 Å². The lowest BCUT2D eigenvalue weighted by molar-refractivity contribution is -0.169. The van der Waals surface area contributed by atoms with Gasteiger partial charge in [-0.05, 0) is 26.8 Å². The molecule has 0 bridgehead atoms. The number of hydroxylamine groups is 2. The minimum absolute atomic E-state index is 0.0463. The van der Waals surface area contributed by atoms with Crippen LogP contribution < -0.4 is 5.32 Å². The van der Waals surface area contributed by atoms with Crippen LogP contribution in [0.2, 0.25) is 0 Å². The molecule has 1 aliphatic rings. The fourth-order valence-electron chi connectivity index (χ4n) is 1.54. The van der Waals surface area contributed by atoms with Gasteiger partial charge in [0.15, 0.2) is 0 Å². The first-order chi connectivity index (χ1) is 5.66. The Balaban J connectivity index is 2.51. The largest absolute Gasteiger partial charge is 0.313 e. The maximum atomic E-state index is 11.4. The van der Waals surface area contributed by atoms with Crippen molar-refractivity contribution in [3.63, 3.8) is 0 Å². The summed E-state index contributed by atoms with van der Waals surface area (Å²) in [6, 6.07) is 0.193. The third-order valence-corrected chi connectivity index (χ3v) is 2.40. The van der Waals surface area contributed by atoms with Gasteiger partial charge < -0.3 is 5.32 Å². The van der Waals surface area contributed by atoms with Crippen molar-refractivity contribution < 1.29 is 10.0 Å². The van der Waals surface area contributed by atoms with E-state index in [1.165, 1.54) is 0 Å². The molecule has 0 aromatic rings. The fourth-order valence-corrected chi connectivity index (χ4v) is 1.54. The number of nitrogens with one attached hydrogen (secondary N) is 1. The summed E-state index contributed by atoms with van der Waals surface area (Å²) in [5, 5.41) is 13.1. The lowest BCUT2D eigenvalue weighted by Crippen LogP contribution is -2.38. The van der Waals surface area contributed by atoms with Crippen molar-refractivity contribution in [3.8, 4) is 0 Å². The molecule has 4 heteroatoms. The van der Waals surface area contributed by atoms with Gasteiger partial charge in [0.05, 0.1) is 5.92 Å². The topological polar surface area (TPSA) is 52.6 Å². The van der Waals surface area contributed by atoms with Crippen LogP contribution in [0.3, 0.4) is 0 Å². The summed E-state index contributed by atoms with van der Waals surface area (Å²) in [7, 11) is 0. The van der Waals surface area contributed by atoms with Crippen molar-refractivity contribution in [3.05, 3.63) is 0 Å². The first-order valence-corrected chi connectivity index (χ1v) is 4.40. The van der Waals surface area contributed by atoms with Gasteiger partial charge in [-0.15, -0.1) is 0 Å². The Labute approximate surface area is 72.5 Å². The molecule has 0 aromatic heterocycles. The van der Waals surface area contributed by atoms with E-state index in [2.05, 4.69) is 5.32 Å². The minimum atomic E-state index is -0.157. The quantitative estimate of drug-likeness (QED) is 0.463. The van der Waals surface area contributed by atoms with E-state index in [1.54, 1.807) is 6.92 Å². The molecule has 1 aliphatic heterocycles. The maximum Gasteiger partial charge on any atom is 0.250 e. The number of carbonyl (C=O) groups excluding carboxylic acids is 1. The molecule has 70 valence electrons. The average Bonchev–Trinajstić information content (AvgIpc) is 2.48. The SMILES string of the molecule is CCN(O)C(=O)C1CCNC1C. The van der Waals surface area contributed by atoms with E-state index in [0.717, 1.165) is 18.0 Å². The minimum Gasteiger partial charge on any atom is -0.313 e. The highest BCUT2D eigenvalue weighted by Gasteiger charge is 2.31. The molecule has 0 saturated carbocycles. The molecule has 2 unspecified atom stereocenters. The highest BCUT2D eigenvalue weighted by atomic mass is 16.5. The van der Waals surface area contributed by atoms with E-state index in [-0.39, 0.29) is 17.9 Å². The molecule has 4 nitrogen and oxygen atoms in total. The molecule has 1 saturated heterocycles. The number of hydrogen-bond donors (Lipinski definition) is 2. The Morgan fingerprint density at radius 2 is 2.42 bits per heavy atom. The van der Waals surface area contributed by atoms with Crippen molar-refractivity contribution in [1.29, 1.82) is 0 Å². The van der Waals surface area contributed by atoms with Crippen molar-refractivity contribution in [2.45, 2.75) is 26.3 Å². The first kappa shape index (κ1) is 9.48. The van der Waals surface area contributed by atoms with Crippen LogP contribution in [0, 0.1) is 5.92 Å². The second kappa shape index (κ2) is 3.87. The Morgan fingerprint density at radius 1 is 1.75 bits per heavy atom. The molecular weight excluding hydrogens is 156 g/mol. The third kappa shape index (κ3) is 1.76. The number of hydrogen-bond acceptors (Lipinski definition) is 3. The average molecular weight is 172 g/mol. The molecule has 0 radical (unpaired) electrons. The summed E-state index contributed by atoms with van der Waals surface area (Å²) < 4.78 is 0. The summed E-state index contributed by atoms with van der Waals surface area (Å²) in [5.74, 6) is -0.204. The van der Waals surface area contributed by atoms with E-state index in [4.69, 9.17) is 5.21 Å². The highest BCUT2D eigenvalue weighted by molar-refractivity contribution is 5.78. The van der Waals surface area contributed by atoms with Crippen LogP contribution in [0.4, 0.5) is 0 Å². The molecule has 2 atom stereocenters. The van der Waals surface area contributed by atoms with Gasteiger partial charge in [-0.25, -0.2) is 5.06 Å². The Hall–Kier alpha value is -0.610. The molecule has 0 aromatic carbocycles. The van der Waals surface area contributed by atoms with Crippen LogP contribution in [0.1, 0.15) is 20.3 Å². The van der Waals surface area contributed by atoms with Gasteiger partial charge in [-0.1, -0.05) is 0 Å². The van der Waals surface area contributed by atoms with Crippen molar-refractivity contribution in [2.75, 3.05) is 13.1 Å². The highest BCUT2D eigenvalue weighted by Crippen LogP contribution is 2.16.